The fourth-order valence-corrected chi connectivity index (χ4v) is 4.92. The van der Waals surface area contributed by atoms with Crippen LogP contribution < -0.4 is 10.6 Å². The van der Waals surface area contributed by atoms with Crippen LogP contribution >= 0.6 is 11.3 Å². The molecule has 4 rings (SSSR count). The molecular weight excluding hydrogens is 450 g/mol. The van der Waals surface area contributed by atoms with Gasteiger partial charge in [0, 0.05) is 6.04 Å². The molecule has 3 amide bonds. The van der Waals surface area contributed by atoms with Gasteiger partial charge in [0.1, 0.15) is 11.8 Å². The third-order valence-corrected chi connectivity index (χ3v) is 6.87. The quantitative estimate of drug-likeness (QED) is 0.479. The molecule has 2 heterocycles. The largest absolute Gasteiger partial charge is 0.467 e. The molecule has 0 saturated heterocycles. The molecule has 2 aromatic heterocycles. The molecule has 0 spiro atoms. The topological polar surface area (TPSA) is 91.7 Å². The maximum absolute atomic E-state index is 13.6. The van der Waals surface area contributed by atoms with Crippen LogP contribution in [-0.4, -0.2) is 35.2 Å². The minimum atomic E-state index is -0.848. The molecule has 0 unspecified atom stereocenters. The third-order valence-electron chi connectivity index (χ3n) is 6.00. The highest BCUT2D eigenvalue weighted by Gasteiger charge is 2.33. The number of amides is 3. The van der Waals surface area contributed by atoms with E-state index in [4.69, 9.17) is 4.42 Å². The van der Waals surface area contributed by atoms with Crippen LogP contribution in [-0.2, 0) is 16.1 Å². The van der Waals surface area contributed by atoms with Gasteiger partial charge in [-0.1, -0.05) is 55.7 Å². The molecule has 178 valence electrons. The van der Waals surface area contributed by atoms with Crippen LogP contribution in [0.4, 0.5) is 0 Å². The molecule has 7 nitrogen and oxygen atoms in total. The first-order chi connectivity index (χ1) is 16.6. The van der Waals surface area contributed by atoms with Gasteiger partial charge in [0.25, 0.3) is 5.91 Å². The van der Waals surface area contributed by atoms with Crippen LogP contribution in [0.1, 0.15) is 59.1 Å². The van der Waals surface area contributed by atoms with E-state index in [1.165, 1.54) is 28.9 Å². The summed E-state index contributed by atoms with van der Waals surface area (Å²) in [7, 11) is 0. The maximum atomic E-state index is 13.6. The van der Waals surface area contributed by atoms with Crippen LogP contribution in [0.5, 0.6) is 0 Å². The van der Waals surface area contributed by atoms with E-state index in [1.807, 2.05) is 30.3 Å². The van der Waals surface area contributed by atoms with Crippen LogP contribution in [0.2, 0.25) is 0 Å². The Kier molecular flexibility index (Phi) is 8.14. The highest BCUT2D eigenvalue weighted by atomic mass is 32.1. The first-order valence-corrected chi connectivity index (χ1v) is 12.5. The predicted molar refractivity (Wildman–Crippen MR) is 130 cm³/mol. The van der Waals surface area contributed by atoms with Crippen molar-refractivity contribution in [2.24, 2.45) is 0 Å². The summed E-state index contributed by atoms with van der Waals surface area (Å²) in [5, 5.41) is 7.67. The summed E-state index contributed by atoms with van der Waals surface area (Å²) < 4.78 is 5.50. The number of hydrogen-bond donors (Lipinski definition) is 2. The average molecular weight is 480 g/mol. The molecule has 3 aromatic rings. The van der Waals surface area contributed by atoms with E-state index < -0.39 is 6.04 Å². The lowest BCUT2D eigenvalue weighted by Gasteiger charge is -2.33. The number of thiophene rings is 1. The van der Waals surface area contributed by atoms with Gasteiger partial charge in [-0.05, 0) is 42.0 Å². The lowest BCUT2D eigenvalue weighted by atomic mass is 9.94. The zero-order valence-electron chi connectivity index (χ0n) is 18.9. The molecule has 34 heavy (non-hydrogen) atoms. The predicted octanol–water partition coefficient (Wildman–Crippen LogP) is 4.29. The van der Waals surface area contributed by atoms with Gasteiger partial charge >= 0.3 is 0 Å². The summed E-state index contributed by atoms with van der Waals surface area (Å²) in [6.07, 6.45) is 6.78. The van der Waals surface area contributed by atoms with Crippen molar-refractivity contribution < 1.29 is 18.8 Å². The molecule has 0 bridgehead atoms. The second-order valence-electron chi connectivity index (χ2n) is 8.42. The summed E-state index contributed by atoms with van der Waals surface area (Å²) in [6.45, 7) is -0.115. The van der Waals surface area contributed by atoms with Crippen molar-refractivity contribution >= 4 is 29.1 Å². The minimum Gasteiger partial charge on any atom is -0.467 e. The van der Waals surface area contributed by atoms with E-state index in [1.54, 1.807) is 29.6 Å². The summed E-state index contributed by atoms with van der Waals surface area (Å²) >= 11 is 1.31. The van der Waals surface area contributed by atoms with Crippen molar-refractivity contribution in [3.63, 3.8) is 0 Å². The van der Waals surface area contributed by atoms with Gasteiger partial charge in [0.15, 0.2) is 0 Å². The molecule has 1 atom stereocenters. The molecular formula is C26H29N3O4S. The van der Waals surface area contributed by atoms with Gasteiger partial charge < -0.3 is 20.0 Å². The standard InChI is InChI=1S/C26H29N3O4S/c30-23(17-27-25(31)22-14-8-16-34-22)29(18-21-13-7-15-33-21)24(19-9-3-1-4-10-19)26(32)28-20-11-5-2-6-12-20/h1,3-4,7-10,13-16,20,24H,2,5-6,11-12,17-18H2,(H,27,31)(H,28,32)/t24-/m1/s1. The monoisotopic (exact) mass is 479 g/mol. The van der Waals surface area contributed by atoms with Crippen molar-refractivity contribution in [1.82, 2.24) is 15.5 Å². The number of carbonyl (C=O) groups is 3. The Labute approximate surface area is 203 Å². The van der Waals surface area contributed by atoms with E-state index in [2.05, 4.69) is 10.6 Å². The Morgan fingerprint density at radius 1 is 1.00 bits per heavy atom. The second kappa shape index (κ2) is 11.7. The Hall–Kier alpha value is -3.39. The molecule has 1 saturated carbocycles. The van der Waals surface area contributed by atoms with E-state index >= 15 is 0 Å². The molecule has 2 N–H and O–H groups in total. The van der Waals surface area contributed by atoms with Crippen LogP contribution in [0, 0.1) is 0 Å². The van der Waals surface area contributed by atoms with Crippen molar-refractivity contribution in [1.29, 1.82) is 0 Å². The van der Waals surface area contributed by atoms with E-state index in [0.29, 0.717) is 16.2 Å². The highest BCUT2D eigenvalue weighted by molar-refractivity contribution is 7.12. The molecule has 1 aliphatic carbocycles. The highest BCUT2D eigenvalue weighted by Crippen LogP contribution is 2.26. The van der Waals surface area contributed by atoms with Crippen LogP contribution in [0.3, 0.4) is 0 Å². The van der Waals surface area contributed by atoms with E-state index in [0.717, 1.165) is 25.7 Å². The fraction of sp³-hybridized carbons (Fsp3) is 0.346. The van der Waals surface area contributed by atoms with Crippen molar-refractivity contribution in [2.75, 3.05) is 6.54 Å². The van der Waals surface area contributed by atoms with E-state index in [-0.39, 0.29) is 36.9 Å². The number of carbonyl (C=O) groups excluding carboxylic acids is 3. The number of nitrogens with zero attached hydrogens (tertiary/aromatic N) is 1. The lowest BCUT2D eigenvalue weighted by Crippen LogP contribution is -2.49. The normalized spacial score (nSPS) is 14.8. The van der Waals surface area contributed by atoms with Gasteiger partial charge in [-0.2, -0.15) is 0 Å². The molecule has 1 fully saturated rings. The smallest absolute Gasteiger partial charge is 0.261 e. The molecule has 0 aliphatic heterocycles. The SMILES string of the molecule is O=C(NCC(=O)N(Cc1ccco1)[C@@H](C(=O)NC1CCCCC1)c1ccccc1)c1cccs1. The molecule has 0 radical (unpaired) electrons. The number of rotatable bonds is 9. The Morgan fingerprint density at radius 3 is 2.47 bits per heavy atom. The Balaban J connectivity index is 1.58. The van der Waals surface area contributed by atoms with Crippen molar-refractivity contribution in [3.05, 3.63) is 82.4 Å². The number of nitrogens with one attached hydrogen (secondary N) is 2. The first-order valence-electron chi connectivity index (χ1n) is 11.6. The Bertz CT molecular complexity index is 1060. The molecule has 8 heteroatoms. The lowest BCUT2D eigenvalue weighted by molar-refractivity contribution is -0.141. The summed E-state index contributed by atoms with van der Waals surface area (Å²) in [5.74, 6) is -0.343. The Morgan fingerprint density at radius 2 is 1.79 bits per heavy atom. The zero-order chi connectivity index (χ0) is 23.8. The van der Waals surface area contributed by atoms with Crippen molar-refractivity contribution in [3.8, 4) is 0 Å². The minimum absolute atomic E-state index is 0.103. The number of benzene rings is 1. The number of hydrogen-bond acceptors (Lipinski definition) is 5. The summed E-state index contributed by atoms with van der Waals surface area (Å²) in [5.41, 5.74) is 0.709. The zero-order valence-corrected chi connectivity index (χ0v) is 19.8. The maximum Gasteiger partial charge on any atom is 0.261 e. The molecule has 1 aliphatic rings. The van der Waals surface area contributed by atoms with Crippen molar-refractivity contribution in [2.45, 2.75) is 50.7 Å². The van der Waals surface area contributed by atoms with E-state index in [9.17, 15) is 14.4 Å². The van der Waals surface area contributed by atoms with Gasteiger partial charge in [0.05, 0.1) is 24.2 Å². The van der Waals surface area contributed by atoms with Gasteiger partial charge in [-0.15, -0.1) is 11.3 Å². The van der Waals surface area contributed by atoms with Crippen LogP contribution in [0.25, 0.3) is 0 Å². The molecule has 1 aromatic carbocycles. The number of furan rings is 1. The summed E-state index contributed by atoms with van der Waals surface area (Å²) in [4.78, 5) is 41.5. The van der Waals surface area contributed by atoms with Gasteiger partial charge in [-0.3, -0.25) is 14.4 Å². The van der Waals surface area contributed by atoms with Gasteiger partial charge in [-0.25, -0.2) is 0 Å². The van der Waals surface area contributed by atoms with Gasteiger partial charge in [0.2, 0.25) is 11.8 Å². The fourth-order valence-electron chi connectivity index (χ4n) is 4.28. The van der Waals surface area contributed by atoms with Crippen LogP contribution in [0.15, 0.2) is 70.7 Å². The second-order valence-corrected chi connectivity index (χ2v) is 9.37. The third kappa shape index (κ3) is 6.14. The average Bonchev–Trinajstić information content (AvgIpc) is 3.58. The summed E-state index contributed by atoms with van der Waals surface area (Å²) in [6, 6.07) is 15.5. The first kappa shape index (κ1) is 23.8.